The summed E-state index contributed by atoms with van der Waals surface area (Å²) in [5.74, 6) is 0. The summed E-state index contributed by atoms with van der Waals surface area (Å²) in [5.41, 5.74) is 0. The Bertz CT molecular complexity index is 426. The Balaban J connectivity index is 2.29. The van der Waals surface area contributed by atoms with Crippen molar-refractivity contribution in [2.45, 2.75) is 18.1 Å². The van der Waals surface area contributed by atoms with E-state index in [1.165, 1.54) is 4.31 Å². The molecule has 0 saturated carbocycles. The van der Waals surface area contributed by atoms with Gasteiger partial charge in [0.2, 0.25) is 10.0 Å². The van der Waals surface area contributed by atoms with Crippen LogP contribution in [0.4, 0.5) is 0 Å². The molecule has 0 radical (unpaired) electrons. The van der Waals surface area contributed by atoms with E-state index in [0.29, 0.717) is 19.5 Å². The molecule has 0 bridgehead atoms. The van der Waals surface area contributed by atoms with E-state index in [1.807, 2.05) is 30.4 Å². The molecule has 0 N–H and O–H groups in total. The lowest BCUT2D eigenvalue weighted by molar-refractivity contribution is 0.461. The van der Waals surface area contributed by atoms with Gasteiger partial charge in [-0.15, -0.1) is 0 Å². The molecule has 82 valence electrons. The molecule has 0 fully saturated rings. The highest BCUT2D eigenvalue weighted by atomic mass is 32.2. The van der Waals surface area contributed by atoms with Gasteiger partial charge in [0.25, 0.3) is 0 Å². The second kappa shape index (κ2) is 3.61. The summed E-state index contributed by atoms with van der Waals surface area (Å²) in [6, 6.07) is 0. The van der Waals surface area contributed by atoms with Crippen molar-refractivity contribution in [1.82, 2.24) is 4.31 Å². The van der Waals surface area contributed by atoms with E-state index in [2.05, 4.69) is 0 Å². The molecule has 1 unspecified atom stereocenters. The summed E-state index contributed by atoms with van der Waals surface area (Å²) in [6.07, 6.45) is 11.7. The summed E-state index contributed by atoms with van der Waals surface area (Å²) in [4.78, 5) is 0. The Morgan fingerprint density at radius 3 is 2.33 bits per heavy atom. The quantitative estimate of drug-likeness (QED) is 0.667. The van der Waals surface area contributed by atoms with Gasteiger partial charge < -0.3 is 0 Å². The fourth-order valence-corrected chi connectivity index (χ4v) is 3.56. The van der Waals surface area contributed by atoms with Crippen molar-refractivity contribution in [2.75, 3.05) is 13.1 Å². The minimum atomic E-state index is -3.23. The van der Waals surface area contributed by atoms with Crippen molar-refractivity contribution in [1.29, 1.82) is 0 Å². The predicted octanol–water partition coefficient (Wildman–Crippen LogP) is 1.46. The van der Waals surface area contributed by atoms with Gasteiger partial charge in [0.1, 0.15) is 4.75 Å². The third-order valence-electron chi connectivity index (χ3n) is 2.93. The number of rotatable bonds is 2. The molecule has 2 aliphatic rings. The van der Waals surface area contributed by atoms with Crippen LogP contribution in [0.5, 0.6) is 0 Å². The van der Waals surface area contributed by atoms with Gasteiger partial charge in [-0.25, -0.2) is 8.42 Å². The molecule has 1 aliphatic heterocycles. The van der Waals surface area contributed by atoms with Crippen LogP contribution in [0.2, 0.25) is 0 Å². The van der Waals surface area contributed by atoms with Gasteiger partial charge in [-0.1, -0.05) is 36.5 Å². The van der Waals surface area contributed by atoms with Crippen LogP contribution < -0.4 is 0 Å². The van der Waals surface area contributed by atoms with Crippen LogP contribution in [0.25, 0.3) is 0 Å². The first kappa shape index (κ1) is 10.6. The fraction of sp³-hybridized carbons (Fsp3) is 0.455. The van der Waals surface area contributed by atoms with E-state index in [9.17, 15) is 8.42 Å². The van der Waals surface area contributed by atoms with Gasteiger partial charge in [0.15, 0.2) is 0 Å². The van der Waals surface area contributed by atoms with Gasteiger partial charge in [-0.2, -0.15) is 4.31 Å². The molecule has 1 atom stereocenters. The van der Waals surface area contributed by atoms with E-state index in [1.54, 1.807) is 13.0 Å². The van der Waals surface area contributed by atoms with E-state index < -0.39 is 14.8 Å². The van der Waals surface area contributed by atoms with Crippen LogP contribution in [-0.4, -0.2) is 30.6 Å². The van der Waals surface area contributed by atoms with Gasteiger partial charge >= 0.3 is 0 Å². The van der Waals surface area contributed by atoms with Gasteiger partial charge in [-0.05, 0) is 13.3 Å². The smallest absolute Gasteiger partial charge is 0.211 e. The second-order valence-corrected chi connectivity index (χ2v) is 6.50. The molecule has 0 spiro atoms. The van der Waals surface area contributed by atoms with Gasteiger partial charge in [0.05, 0.1) is 0 Å². The highest BCUT2D eigenvalue weighted by Gasteiger charge is 2.40. The largest absolute Gasteiger partial charge is 0.224 e. The fourth-order valence-electron chi connectivity index (χ4n) is 1.85. The first-order valence-corrected chi connectivity index (χ1v) is 6.49. The van der Waals surface area contributed by atoms with Crippen molar-refractivity contribution in [3.8, 4) is 0 Å². The van der Waals surface area contributed by atoms with E-state index in [0.717, 1.165) is 0 Å². The van der Waals surface area contributed by atoms with Crippen molar-refractivity contribution in [3.05, 3.63) is 36.5 Å². The highest BCUT2D eigenvalue weighted by Crippen LogP contribution is 2.30. The van der Waals surface area contributed by atoms with Gasteiger partial charge in [0, 0.05) is 13.1 Å². The third kappa shape index (κ3) is 1.68. The molecular weight excluding hydrogens is 210 g/mol. The molecule has 0 aromatic carbocycles. The van der Waals surface area contributed by atoms with E-state index in [-0.39, 0.29) is 0 Å². The Hall–Kier alpha value is -0.870. The van der Waals surface area contributed by atoms with Crippen LogP contribution in [0.3, 0.4) is 0 Å². The lowest BCUT2D eigenvalue weighted by atomic mass is 10.0. The van der Waals surface area contributed by atoms with E-state index >= 15 is 0 Å². The van der Waals surface area contributed by atoms with Crippen molar-refractivity contribution in [3.63, 3.8) is 0 Å². The molecular formula is C11H15NO2S. The number of sulfonamides is 1. The maximum atomic E-state index is 12.3. The number of hydrogen-bond acceptors (Lipinski definition) is 2. The summed E-state index contributed by atoms with van der Waals surface area (Å²) in [5, 5.41) is 0. The molecule has 1 aliphatic carbocycles. The lowest BCUT2D eigenvalue weighted by Crippen LogP contribution is -2.44. The predicted molar refractivity (Wildman–Crippen MR) is 60.9 cm³/mol. The molecule has 1 heterocycles. The molecule has 4 heteroatoms. The molecule has 0 saturated heterocycles. The molecule has 0 aromatic heterocycles. The molecule has 0 aromatic rings. The van der Waals surface area contributed by atoms with Crippen molar-refractivity contribution >= 4 is 10.0 Å². The summed E-state index contributed by atoms with van der Waals surface area (Å²) in [6.45, 7) is 2.80. The van der Waals surface area contributed by atoms with Crippen LogP contribution in [0.15, 0.2) is 36.5 Å². The zero-order valence-corrected chi connectivity index (χ0v) is 9.57. The number of allylic oxidation sites excluding steroid dienone is 3. The van der Waals surface area contributed by atoms with Crippen LogP contribution >= 0.6 is 0 Å². The third-order valence-corrected chi connectivity index (χ3v) is 5.39. The normalized spacial score (nSPS) is 31.3. The van der Waals surface area contributed by atoms with Crippen LogP contribution in [0.1, 0.15) is 13.3 Å². The van der Waals surface area contributed by atoms with Crippen molar-refractivity contribution < 1.29 is 8.42 Å². The lowest BCUT2D eigenvalue weighted by Gasteiger charge is -2.31. The van der Waals surface area contributed by atoms with Crippen LogP contribution in [0, 0.1) is 0 Å². The average Bonchev–Trinajstić information content (AvgIpc) is 2.72. The maximum absolute atomic E-state index is 12.3. The first-order valence-electron chi connectivity index (χ1n) is 5.05. The zero-order chi connectivity index (χ0) is 10.9. The standard InChI is InChI=1S/C11H15NO2S/c1-11(7-3-2-4-8-11)15(13,14)12-9-5-6-10-12/h2-7H,8-10H2,1H3. The first-order chi connectivity index (χ1) is 7.06. The molecule has 3 nitrogen and oxygen atoms in total. The molecule has 2 rings (SSSR count). The summed E-state index contributed by atoms with van der Waals surface area (Å²) < 4.78 is 25.4. The Kier molecular flexibility index (Phi) is 2.56. The summed E-state index contributed by atoms with van der Waals surface area (Å²) in [7, 11) is -3.23. The monoisotopic (exact) mass is 225 g/mol. The molecule has 15 heavy (non-hydrogen) atoms. The number of hydrogen-bond donors (Lipinski definition) is 0. The summed E-state index contributed by atoms with van der Waals surface area (Å²) >= 11 is 0. The highest BCUT2D eigenvalue weighted by molar-refractivity contribution is 7.90. The van der Waals surface area contributed by atoms with E-state index in [4.69, 9.17) is 0 Å². The van der Waals surface area contributed by atoms with Gasteiger partial charge in [-0.3, -0.25) is 0 Å². The van der Waals surface area contributed by atoms with Crippen LogP contribution in [-0.2, 0) is 10.0 Å². The average molecular weight is 225 g/mol. The topological polar surface area (TPSA) is 37.4 Å². The maximum Gasteiger partial charge on any atom is 0.224 e. The second-order valence-electron chi connectivity index (χ2n) is 4.10. The Labute approximate surface area is 90.8 Å². The number of nitrogens with zero attached hydrogens (tertiary/aromatic N) is 1. The van der Waals surface area contributed by atoms with Crippen molar-refractivity contribution in [2.24, 2.45) is 0 Å². The minimum Gasteiger partial charge on any atom is -0.211 e. The zero-order valence-electron chi connectivity index (χ0n) is 8.76. The molecule has 0 amide bonds. The Morgan fingerprint density at radius 2 is 1.80 bits per heavy atom. The Morgan fingerprint density at radius 1 is 1.13 bits per heavy atom. The SMILES string of the molecule is CC1(S(=O)(=O)N2CC=CC2)C=CC=CC1. The minimum absolute atomic E-state index is 0.509.